The Hall–Kier alpha value is -2.79. The third-order valence-corrected chi connectivity index (χ3v) is 5.79. The Labute approximate surface area is 171 Å². The van der Waals surface area contributed by atoms with Gasteiger partial charge in [-0.05, 0) is 86.7 Å². The fourth-order valence-corrected chi connectivity index (χ4v) is 3.94. The average molecular weight is 392 g/mol. The van der Waals surface area contributed by atoms with Crippen molar-refractivity contribution in [3.8, 4) is 0 Å². The van der Waals surface area contributed by atoms with Crippen molar-refractivity contribution in [2.45, 2.75) is 39.5 Å². The van der Waals surface area contributed by atoms with Crippen LogP contribution in [0.3, 0.4) is 0 Å². The highest BCUT2D eigenvalue weighted by atomic mass is 16.6. The minimum atomic E-state index is -0.319. The van der Waals surface area contributed by atoms with E-state index >= 15 is 0 Å². The van der Waals surface area contributed by atoms with Gasteiger partial charge in [0, 0.05) is 24.7 Å². The Balaban J connectivity index is 1.67. The summed E-state index contributed by atoms with van der Waals surface area (Å²) in [6.45, 7) is 7.27. The van der Waals surface area contributed by atoms with Crippen molar-refractivity contribution in [2.24, 2.45) is 0 Å². The van der Waals surface area contributed by atoms with Gasteiger partial charge in [0.25, 0.3) is 5.69 Å². The lowest BCUT2D eigenvalue weighted by Crippen LogP contribution is -2.30. The zero-order chi connectivity index (χ0) is 20.8. The summed E-state index contributed by atoms with van der Waals surface area (Å²) in [6.07, 6.45) is 8.07. The van der Waals surface area contributed by atoms with Crippen LogP contribution in [0.2, 0.25) is 0 Å². The van der Waals surface area contributed by atoms with Crippen molar-refractivity contribution in [1.82, 2.24) is 4.90 Å². The molecule has 1 aliphatic rings. The molecule has 5 heteroatoms. The number of unbranched alkanes of at least 4 members (excludes halogenated alkanes) is 1. The molecule has 0 saturated heterocycles. The molecule has 2 aromatic rings. The number of rotatable bonds is 7. The molecule has 0 aromatic heterocycles. The monoisotopic (exact) mass is 392 g/mol. The van der Waals surface area contributed by atoms with Gasteiger partial charge < -0.3 is 0 Å². The Morgan fingerprint density at radius 3 is 2.62 bits per heavy atom. The number of hydrogen-bond acceptors (Lipinski definition) is 4. The first-order valence-corrected chi connectivity index (χ1v) is 10.2. The topological polar surface area (TPSA) is 63.4 Å². The summed E-state index contributed by atoms with van der Waals surface area (Å²) in [4.78, 5) is 25.3. The molecule has 0 atom stereocenters. The van der Waals surface area contributed by atoms with Crippen LogP contribution in [-0.2, 0) is 6.42 Å². The summed E-state index contributed by atoms with van der Waals surface area (Å²) in [5.74, 6) is 0. The predicted octanol–water partition coefficient (Wildman–Crippen LogP) is 5.03. The second-order valence-corrected chi connectivity index (χ2v) is 7.60. The molecule has 0 radical (unpaired) electrons. The zero-order valence-electron chi connectivity index (χ0n) is 17.2. The maximum Gasteiger partial charge on any atom is 0.273 e. The minimum absolute atomic E-state index is 0.0968. The molecule has 0 aliphatic carbocycles. The van der Waals surface area contributed by atoms with Gasteiger partial charge in [0.2, 0.25) is 0 Å². The van der Waals surface area contributed by atoms with Crippen LogP contribution in [0.5, 0.6) is 0 Å². The second-order valence-electron chi connectivity index (χ2n) is 7.60. The van der Waals surface area contributed by atoms with Gasteiger partial charge in [-0.1, -0.05) is 23.8 Å². The minimum Gasteiger partial charge on any atom is -0.299 e. The normalized spacial score (nSPS) is 15.4. The van der Waals surface area contributed by atoms with Crippen molar-refractivity contribution in [3.05, 3.63) is 85.6 Å². The van der Waals surface area contributed by atoms with Crippen molar-refractivity contribution in [1.29, 1.82) is 0 Å². The van der Waals surface area contributed by atoms with Crippen molar-refractivity contribution >= 4 is 16.5 Å². The van der Waals surface area contributed by atoms with E-state index in [4.69, 9.17) is 0 Å². The van der Waals surface area contributed by atoms with E-state index in [0.717, 1.165) is 55.2 Å². The van der Waals surface area contributed by atoms with E-state index in [1.807, 2.05) is 0 Å². The van der Waals surface area contributed by atoms with E-state index in [0.29, 0.717) is 6.42 Å². The highest BCUT2D eigenvalue weighted by molar-refractivity contribution is 5.88. The molecule has 0 amide bonds. The number of hydrogen-bond donors (Lipinski definition) is 0. The molecule has 0 fully saturated rings. The summed E-state index contributed by atoms with van der Waals surface area (Å²) < 4.78 is 0. The first kappa shape index (κ1) is 20.9. The largest absolute Gasteiger partial charge is 0.299 e. The summed E-state index contributed by atoms with van der Waals surface area (Å²) in [7, 11) is 0. The summed E-state index contributed by atoms with van der Waals surface area (Å²) >= 11 is 0. The number of aryl methyl sites for hydroxylation is 1. The van der Waals surface area contributed by atoms with Crippen LogP contribution in [0.25, 0.3) is 10.8 Å². The predicted molar refractivity (Wildman–Crippen MR) is 118 cm³/mol. The van der Waals surface area contributed by atoms with E-state index in [2.05, 4.69) is 30.9 Å². The molecular formula is C24H28N2O3. The van der Waals surface area contributed by atoms with Crippen LogP contribution < -0.4 is 5.43 Å². The van der Waals surface area contributed by atoms with Crippen molar-refractivity contribution in [2.75, 3.05) is 19.6 Å². The molecule has 0 bridgehead atoms. The average Bonchev–Trinajstić information content (AvgIpc) is 2.92. The smallest absolute Gasteiger partial charge is 0.273 e. The molecule has 1 heterocycles. The molecule has 1 aliphatic heterocycles. The standard InChI is InChI=1S/C24H28N2O3/c1-3-18(2)19-13-16-25(17-14-19)15-5-4-6-23-22-11-10-21(27)9-7-20(22)8-12-24(23)26(28)29/h3,7-13H,4-6,14-17H2,1-2H3/b18-3+. The molecule has 0 spiro atoms. The van der Waals surface area contributed by atoms with Gasteiger partial charge in [-0.25, -0.2) is 0 Å². The van der Waals surface area contributed by atoms with Gasteiger partial charge in [0.1, 0.15) is 0 Å². The lowest BCUT2D eigenvalue weighted by molar-refractivity contribution is -0.385. The summed E-state index contributed by atoms with van der Waals surface area (Å²) in [5, 5.41) is 13.2. The van der Waals surface area contributed by atoms with Crippen LogP contribution in [0.1, 0.15) is 38.7 Å². The van der Waals surface area contributed by atoms with E-state index < -0.39 is 0 Å². The van der Waals surface area contributed by atoms with Gasteiger partial charge in [-0.2, -0.15) is 0 Å². The summed E-state index contributed by atoms with van der Waals surface area (Å²) in [5.41, 5.74) is 3.58. The number of allylic oxidation sites excluding steroid dienone is 2. The highest BCUT2D eigenvalue weighted by Gasteiger charge is 2.17. The SMILES string of the molecule is C/C=C(\C)C1=CCN(CCCCc2c([N+](=O)[O-])ccc3ccc(=O)ccc23)CC1. The third kappa shape index (κ3) is 5.18. The molecule has 5 nitrogen and oxygen atoms in total. The van der Waals surface area contributed by atoms with E-state index in [-0.39, 0.29) is 16.0 Å². The Morgan fingerprint density at radius 2 is 1.93 bits per heavy atom. The highest BCUT2D eigenvalue weighted by Crippen LogP contribution is 2.28. The van der Waals surface area contributed by atoms with E-state index in [1.54, 1.807) is 24.3 Å². The molecule has 3 rings (SSSR count). The second kappa shape index (κ2) is 9.61. The Kier molecular flexibility index (Phi) is 6.94. The van der Waals surface area contributed by atoms with Crippen LogP contribution in [-0.4, -0.2) is 29.5 Å². The molecule has 29 heavy (non-hydrogen) atoms. The van der Waals surface area contributed by atoms with Crippen molar-refractivity contribution < 1.29 is 4.92 Å². The molecule has 0 unspecified atom stereocenters. The van der Waals surface area contributed by atoms with Crippen molar-refractivity contribution in [3.63, 3.8) is 0 Å². The quantitative estimate of drug-likeness (QED) is 0.377. The fraction of sp³-hybridized carbons (Fsp3) is 0.375. The first-order chi connectivity index (χ1) is 14.0. The van der Waals surface area contributed by atoms with E-state index in [9.17, 15) is 14.9 Å². The number of nitro benzene ring substituents is 1. The molecule has 2 aromatic carbocycles. The molecule has 0 saturated carbocycles. The van der Waals surface area contributed by atoms with Gasteiger partial charge >= 0.3 is 0 Å². The lowest BCUT2D eigenvalue weighted by Gasteiger charge is -2.26. The van der Waals surface area contributed by atoms with Gasteiger partial charge in [-0.3, -0.25) is 19.8 Å². The van der Waals surface area contributed by atoms with E-state index in [1.165, 1.54) is 23.3 Å². The number of nitro groups is 1. The van der Waals surface area contributed by atoms with Gasteiger partial charge in [0.05, 0.1) is 4.92 Å². The summed E-state index contributed by atoms with van der Waals surface area (Å²) in [6, 6.07) is 9.74. The molecule has 0 N–H and O–H groups in total. The lowest BCUT2D eigenvalue weighted by atomic mass is 9.98. The maximum atomic E-state index is 11.7. The number of benzene rings is 1. The van der Waals surface area contributed by atoms with Crippen LogP contribution in [0.4, 0.5) is 5.69 Å². The van der Waals surface area contributed by atoms with Crippen LogP contribution in [0.15, 0.2) is 64.5 Å². The Morgan fingerprint density at radius 1 is 1.17 bits per heavy atom. The zero-order valence-corrected chi connectivity index (χ0v) is 17.2. The van der Waals surface area contributed by atoms with Gasteiger partial charge in [-0.15, -0.1) is 0 Å². The third-order valence-electron chi connectivity index (χ3n) is 5.79. The van der Waals surface area contributed by atoms with Gasteiger partial charge in [0.15, 0.2) is 5.43 Å². The van der Waals surface area contributed by atoms with Crippen LogP contribution >= 0.6 is 0 Å². The number of fused-ring (bicyclic) bond motifs is 1. The molecule has 152 valence electrons. The number of nitrogens with zero attached hydrogens (tertiary/aromatic N) is 2. The molecular weight excluding hydrogens is 364 g/mol. The van der Waals surface area contributed by atoms with Crippen LogP contribution in [0, 0.1) is 10.1 Å². The fourth-order valence-electron chi connectivity index (χ4n) is 3.94. The maximum absolute atomic E-state index is 11.7. The first-order valence-electron chi connectivity index (χ1n) is 10.2. The Bertz CT molecular complexity index is 1020.